The average molecular weight is 325 g/mol. The summed E-state index contributed by atoms with van der Waals surface area (Å²) in [6, 6.07) is 5.25. The Morgan fingerprint density at radius 3 is 2.81 bits per heavy atom. The maximum absolute atomic E-state index is 12.4. The average Bonchev–Trinajstić information content (AvgIpc) is 2.99. The number of nitrogens with one attached hydrogen (secondary N) is 1. The van der Waals surface area contributed by atoms with Gasteiger partial charge in [-0.1, -0.05) is 19.1 Å². The van der Waals surface area contributed by atoms with Crippen LogP contribution in [0.25, 0.3) is 0 Å². The number of thiazole rings is 1. The number of aromatic nitrogens is 1. The molecular formula is C14H19N3O2S2. The summed E-state index contributed by atoms with van der Waals surface area (Å²) in [5.41, 5.74) is 7.09. The van der Waals surface area contributed by atoms with Crippen LogP contribution in [-0.4, -0.2) is 19.9 Å². The van der Waals surface area contributed by atoms with E-state index in [2.05, 4.69) is 9.71 Å². The first-order valence-corrected chi connectivity index (χ1v) is 8.99. The zero-order chi connectivity index (χ0) is 15.5. The molecule has 1 aromatic heterocycles. The van der Waals surface area contributed by atoms with E-state index in [1.807, 2.05) is 18.4 Å². The van der Waals surface area contributed by atoms with E-state index in [0.717, 1.165) is 10.6 Å². The molecule has 0 aliphatic carbocycles. The molecule has 5 nitrogen and oxygen atoms in total. The highest BCUT2D eigenvalue weighted by atomic mass is 32.2. The Bertz CT molecular complexity index is 697. The van der Waals surface area contributed by atoms with Crippen molar-refractivity contribution < 1.29 is 8.42 Å². The molecule has 3 N–H and O–H groups in total. The smallest absolute Gasteiger partial charge is 0.240 e. The Hall–Kier alpha value is -1.28. The fraction of sp³-hybridized carbons (Fsp3) is 0.357. The van der Waals surface area contributed by atoms with Gasteiger partial charge in [0.25, 0.3) is 0 Å². The molecular weight excluding hydrogens is 306 g/mol. The minimum atomic E-state index is -3.54. The van der Waals surface area contributed by atoms with Crippen LogP contribution in [-0.2, 0) is 16.6 Å². The standard InChI is InChI=1S/C14H19N3O2S2/c1-10-3-4-12(8-15)7-13(10)21(18,19)17-9-11(2)14-16-5-6-20-14/h3-7,11,17H,8-9,15H2,1-2H3. The van der Waals surface area contributed by atoms with Gasteiger partial charge < -0.3 is 5.73 Å². The molecule has 0 amide bonds. The molecule has 1 aromatic carbocycles. The van der Waals surface area contributed by atoms with Crippen molar-refractivity contribution in [2.75, 3.05) is 6.54 Å². The number of benzene rings is 1. The highest BCUT2D eigenvalue weighted by Crippen LogP contribution is 2.20. The summed E-state index contributed by atoms with van der Waals surface area (Å²) >= 11 is 1.52. The molecule has 114 valence electrons. The van der Waals surface area contributed by atoms with Crippen LogP contribution in [0.4, 0.5) is 0 Å². The zero-order valence-corrected chi connectivity index (χ0v) is 13.7. The summed E-state index contributed by atoms with van der Waals surface area (Å²) in [5, 5.41) is 2.81. The van der Waals surface area contributed by atoms with Crippen LogP contribution < -0.4 is 10.5 Å². The van der Waals surface area contributed by atoms with E-state index in [4.69, 9.17) is 5.73 Å². The third-order valence-electron chi connectivity index (χ3n) is 3.23. The van der Waals surface area contributed by atoms with Crippen LogP contribution in [0.2, 0.25) is 0 Å². The van der Waals surface area contributed by atoms with Gasteiger partial charge in [-0.25, -0.2) is 18.1 Å². The van der Waals surface area contributed by atoms with Crippen molar-refractivity contribution in [1.82, 2.24) is 9.71 Å². The van der Waals surface area contributed by atoms with Crippen molar-refractivity contribution in [3.63, 3.8) is 0 Å². The second-order valence-corrected chi connectivity index (χ2v) is 7.59. The monoisotopic (exact) mass is 325 g/mol. The predicted octanol–water partition coefficient (Wildman–Crippen LogP) is 1.99. The van der Waals surface area contributed by atoms with Gasteiger partial charge >= 0.3 is 0 Å². The molecule has 1 heterocycles. The molecule has 0 saturated carbocycles. The molecule has 0 spiro atoms. The highest BCUT2D eigenvalue weighted by Gasteiger charge is 2.19. The van der Waals surface area contributed by atoms with Crippen LogP contribution in [0.5, 0.6) is 0 Å². The number of hydrogen-bond donors (Lipinski definition) is 2. The summed E-state index contributed by atoms with van der Waals surface area (Å²) in [6.45, 7) is 4.37. The Morgan fingerprint density at radius 2 is 2.19 bits per heavy atom. The van der Waals surface area contributed by atoms with Gasteiger partial charge in [-0.05, 0) is 24.1 Å². The van der Waals surface area contributed by atoms with E-state index in [-0.39, 0.29) is 10.8 Å². The molecule has 2 aromatic rings. The van der Waals surface area contributed by atoms with Gasteiger partial charge in [0, 0.05) is 30.6 Å². The lowest BCUT2D eigenvalue weighted by molar-refractivity contribution is 0.574. The van der Waals surface area contributed by atoms with Crippen molar-refractivity contribution in [2.45, 2.75) is 31.2 Å². The molecule has 2 rings (SSSR count). The highest BCUT2D eigenvalue weighted by molar-refractivity contribution is 7.89. The second-order valence-electron chi connectivity index (χ2n) is 4.93. The van der Waals surface area contributed by atoms with Crippen molar-refractivity contribution in [1.29, 1.82) is 0 Å². The largest absolute Gasteiger partial charge is 0.326 e. The fourth-order valence-electron chi connectivity index (χ4n) is 1.94. The molecule has 21 heavy (non-hydrogen) atoms. The summed E-state index contributed by atoms with van der Waals surface area (Å²) in [7, 11) is -3.54. The number of rotatable bonds is 6. The third-order valence-corrected chi connectivity index (χ3v) is 5.80. The normalized spacial score (nSPS) is 13.3. The fourth-order valence-corrected chi connectivity index (χ4v) is 4.06. The van der Waals surface area contributed by atoms with Crippen LogP contribution in [0.3, 0.4) is 0 Å². The molecule has 0 fully saturated rings. The van der Waals surface area contributed by atoms with Crippen molar-refractivity contribution in [3.8, 4) is 0 Å². The first-order chi connectivity index (χ1) is 9.94. The van der Waals surface area contributed by atoms with Crippen LogP contribution >= 0.6 is 11.3 Å². The number of aryl methyl sites for hydroxylation is 1. The van der Waals surface area contributed by atoms with E-state index < -0.39 is 10.0 Å². The van der Waals surface area contributed by atoms with Gasteiger partial charge in [-0.3, -0.25) is 0 Å². The molecule has 0 aliphatic heterocycles. The van der Waals surface area contributed by atoms with E-state index >= 15 is 0 Å². The number of nitrogens with zero attached hydrogens (tertiary/aromatic N) is 1. The van der Waals surface area contributed by atoms with Gasteiger partial charge in [0.1, 0.15) is 0 Å². The third kappa shape index (κ3) is 3.88. The van der Waals surface area contributed by atoms with Gasteiger partial charge in [0.05, 0.1) is 9.90 Å². The maximum atomic E-state index is 12.4. The Balaban J connectivity index is 2.15. The number of sulfonamides is 1. The topological polar surface area (TPSA) is 85.1 Å². The molecule has 0 saturated heterocycles. The summed E-state index contributed by atoms with van der Waals surface area (Å²) in [4.78, 5) is 4.49. The van der Waals surface area contributed by atoms with Crippen molar-refractivity contribution in [3.05, 3.63) is 45.9 Å². The Kier molecular flexibility index (Phi) is 5.10. The quantitative estimate of drug-likeness (QED) is 0.850. The van der Waals surface area contributed by atoms with Crippen LogP contribution in [0.1, 0.15) is 29.0 Å². The molecule has 1 unspecified atom stereocenters. The minimum absolute atomic E-state index is 0.0396. The van der Waals surface area contributed by atoms with Crippen LogP contribution in [0, 0.1) is 6.92 Å². The zero-order valence-electron chi connectivity index (χ0n) is 12.0. The lowest BCUT2D eigenvalue weighted by atomic mass is 10.1. The number of nitrogens with two attached hydrogens (primary N) is 1. The van der Waals surface area contributed by atoms with Crippen LogP contribution in [0.15, 0.2) is 34.7 Å². The number of hydrogen-bond acceptors (Lipinski definition) is 5. The summed E-state index contributed by atoms with van der Waals surface area (Å²) in [6.07, 6.45) is 1.72. The van der Waals surface area contributed by atoms with Gasteiger partial charge in [0.2, 0.25) is 10.0 Å². The Morgan fingerprint density at radius 1 is 1.43 bits per heavy atom. The van der Waals surface area contributed by atoms with Crippen molar-refractivity contribution in [2.24, 2.45) is 5.73 Å². The first-order valence-electron chi connectivity index (χ1n) is 6.62. The Labute approximate surface area is 129 Å². The summed E-state index contributed by atoms with van der Waals surface area (Å²) < 4.78 is 27.5. The molecule has 0 aliphatic rings. The van der Waals surface area contributed by atoms with E-state index in [9.17, 15) is 8.42 Å². The lowest BCUT2D eigenvalue weighted by Crippen LogP contribution is -2.28. The molecule has 0 radical (unpaired) electrons. The minimum Gasteiger partial charge on any atom is -0.326 e. The lowest BCUT2D eigenvalue weighted by Gasteiger charge is -2.13. The maximum Gasteiger partial charge on any atom is 0.240 e. The molecule has 7 heteroatoms. The second kappa shape index (κ2) is 6.65. The molecule has 0 bridgehead atoms. The van der Waals surface area contributed by atoms with Gasteiger partial charge in [-0.15, -0.1) is 11.3 Å². The van der Waals surface area contributed by atoms with Crippen molar-refractivity contribution >= 4 is 21.4 Å². The van der Waals surface area contributed by atoms with Gasteiger partial charge in [0.15, 0.2) is 0 Å². The van der Waals surface area contributed by atoms with E-state index in [0.29, 0.717) is 18.7 Å². The van der Waals surface area contributed by atoms with E-state index in [1.54, 1.807) is 25.3 Å². The van der Waals surface area contributed by atoms with Gasteiger partial charge in [-0.2, -0.15) is 0 Å². The SMILES string of the molecule is Cc1ccc(CN)cc1S(=O)(=O)NCC(C)c1nccs1. The molecule has 1 atom stereocenters. The first kappa shape index (κ1) is 16.1. The summed E-state index contributed by atoms with van der Waals surface area (Å²) in [5.74, 6) is 0.0396. The van der Waals surface area contributed by atoms with E-state index in [1.165, 1.54) is 11.3 Å². The predicted molar refractivity (Wildman–Crippen MR) is 84.8 cm³/mol.